The lowest BCUT2D eigenvalue weighted by Gasteiger charge is -2.23. The van der Waals surface area contributed by atoms with Crippen molar-refractivity contribution in [3.63, 3.8) is 0 Å². The lowest BCUT2D eigenvalue weighted by Crippen LogP contribution is -2.26. The van der Waals surface area contributed by atoms with E-state index in [2.05, 4.69) is 5.10 Å². The number of hydrogen-bond acceptors (Lipinski definition) is 3. The zero-order chi connectivity index (χ0) is 10.7. The Hall–Kier alpha value is -0.580. The topological polar surface area (TPSA) is 36.3 Å². The van der Waals surface area contributed by atoms with Gasteiger partial charge in [0.15, 0.2) is 6.29 Å². The van der Waals surface area contributed by atoms with E-state index in [0.717, 1.165) is 38.3 Å². The molecule has 0 unspecified atom stereocenters. The van der Waals surface area contributed by atoms with E-state index in [0.29, 0.717) is 5.02 Å². The highest BCUT2D eigenvalue weighted by Crippen LogP contribution is 2.15. The van der Waals surface area contributed by atoms with Crippen LogP contribution in [0, 0.1) is 6.92 Å². The molecule has 84 valence electrons. The van der Waals surface area contributed by atoms with E-state index in [1.807, 2.05) is 11.6 Å². The summed E-state index contributed by atoms with van der Waals surface area (Å²) in [4.78, 5) is 0. The second-order valence-corrected chi connectivity index (χ2v) is 4.02. The van der Waals surface area contributed by atoms with E-state index >= 15 is 0 Å². The summed E-state index contributed by atoms with van der Waals surface area (Å²) in [6.07, 6.45) is 3.39. The highest BCUT2D eigenvalue weighted by Gasteiger charge is 2.14. The lowest BCUT2D eigenvalue weighted by molar-refractivity contribution is -0.182. The summed E-state index contributed by atoms with van der Waals surface area (Å²) < 4.78 is 12.8. The van der Waals surface area contributed by atoms with Crippen LogP contribution in [0.25, 0.3) is 0 Å². The maximum atomic E-state index is 5.91. The Labute approximate surface area is 94.1 Å². The van der Waals surface area contributed by atoms with Crippen molar-refractivity contribution in [1.29, 1.82) is 0 Å². The molecule has 5 heteroatoms. The summed E-state index contributed by atoms with van der Waals surface area (Å²) in [7, 11) is 0. The maximum Gasteiger partial charge on any atom is 0.159 e. The third kappa shape index (κ3) is 2.71. The van der Waals surface area contributed by atoms with Crippen molar-refractivity contribution in [2.45, 2.75) is 32.6 Å². The van der Waals surface area contributed by atoms with E-state index in [1.165, 1.54) is 0 Å². The van der Waals surface area contributed by atoms with Gasteiger partial charge in [0, 0.05) is 13.0 Å². The van der Waals surface area contributed by atoms with Crippen molar-refractivity contribution in [1.82, 2.24) is 9.78 Å². The summed E-state index contributed by atoms with van der Waals surface area (Å²) in [6, 6.07) is 0. The van der Waals surface area contributed by atoms with Gasteiger partial charge in [0.05, 0.1) is 30.1 Å². The Morgan fingerprint density at radius 1 is 1.53 bits per heavy atom. The third-order valence-corrected chi connectivity index (χ3v) is 2.89. The zero-order valence-electron chi connectivity index (χ0n) is 8.78. The summed E-state index contributed by atoms with van der Waals surface area (Å²) >= 11 is 5.91. The fourth-order valence-electron chi connectivity index (χ4n) is 1.58. The quantitative estimate of drug-likeness (QED) is 0.797. The number of aromatic nitrogens is 2. The molecule has 2 heterocycles. The van der Waals surface area contributed by atoms with Gasteiger partial charge in [0.1, 0.15) is 0 Å². The third-order valence-electron chi connectivity index (χ3n) is 2.52. The van der Waals surface area contributed by atoms with Crippen molar-refractivity contribution in [3.05, 3.63) is 16.9 Å². The van der Waals surface area contributed by atoms with E-state index in [1.54, 1.807) is 6.20 Å². The first kappa shape index (κ1) is 10.9. The monoisotopic (exact) mass is 230 g/mol. The molecule has 0 saturated carbocycles. The molecule has 4 nitrogen and oxygen atoms in total. The molecular formula is C10H15ClN2O2. The summed E-state index contributed by atoms with van der Waals surface area (Å²) in [5, 5.41) is 4.88. The highest BCUT2D eigenvalue weighted by molar-refractivity contribution is 6.31. The van der Waals surface area contributed by atoms with Crippen molar-refractivity contribution < 1.29 is 9.47 Å². The van der Waals surface area contributed by atoms with Gasteiger partial charge in [-0.25, -0.2) is 0 Å². The summed E-state index contributed by atoms with van der Waals surface area (Å²) in [6.45, 7) is 4.33. The van der Waals surface area contributed by atoms with Crippen LogP contribution in [0.5, 0.6) is 0 Å². The van der Waals surface area contributed by atoms with Crippen LogP contribution >= 0.6 is 11.6 Å². The van der Waals surface area contributed by atoms with Gasteiger partial charge in [0.25, 0.3) is 0 Å². The highest BCUT2D eigenvalue weighted by atomic mass is 35.5. The Kier molecular flexibility index (Phi) is 3.61. The molecule has 2 rings (SSSR count). The maximum absolute atomic E-state index is 5.91. The molecule has 0 spiro atoms. The predicted molar refractivity (Wildman–Crippen MR) is 56.9 cm³/mol. The minimum absolute atomic E-state index is 0.0823. The Morgan fingerprint density at radius 3 is 2.87 bits per heavy atom. The zero-order valence-corrected chi connectivity index (χ0v) is 9.54. The Bertz CT molecular complexity index is 321. The number of halogens is 1. The Morgan fingerprint density at radius 2 is 2.27 bits per heavy atom. The van der Waals surface area contributed by atoms with Crippen LogP contribution in [0.15, 0.2) is 6.20 Å². The number of aryl methyl sites for hydroxylation is 1. The summed E-state index contributed by atoms with van der Waals surface area (Å²) in [5.74, 6) is 0. The molecule has 0 atom stereocenters. The normalized spacial score (nSPS) is 18.3. The number of ether oxygens (including phenoxy) is 2. The summed E-state index contributed by atoms with van der Waals surface area (Å²) in [5.41, 5.74) is 0.993. The average molecular weight is 231 g/mol. The fourth-order valence-corrected chi connectivity index (χ4v) is 1.72. The van der Waals surface area contributed by atoms with Gasteiger partial charge in [-0.2, -0.15) is 5.10 Å². The molecule has 0 amide bonds. The fraction of sp³-hybridized carbons (Fsp3) is 0.700. The minimum atomic E-state index is -0.0823. The molecule has 0 radical (unpaired) electrons. The van der Waals surface area contributed by atoms with Gasteiger partial charge in [-0.05, 0) is 13.3 Å². The minimum Gasteiger partial charge on any atom is -0.353 e. The van der Waals surface area contributed by atoms with Crippen molar-refractivity contribution in [2.75, 3.05) is 13.2 Å². The molecule has 1 aromatic heterocycles. The largest absolute Gasteiger partial charge is 0.353 e. The second kappa shape index (κ2) is 4.96. The van der Waals surface area contributed by atoms with Gasteiger partial charge in [-0.15, -0.1) is 0 Å². The van der Waals surface area contributed by atoms with Crippen LogP contribution in [-0.4, -0.2) is 29.3 Å². The Balaban J connectivity index is 1.84. The molecule has 1 aliphatic rings. The van der Waals surface area contributed by atoms with Crippen LogP contribution in [0.2, 0.25) is 5.02 Å². The molecule has 1 aliphatic heterocycles. The first-order valence-electron chi connectivity index (χ1n) is 5.18. The number of nitrogens with zero attached hydrogens (tertiary/aromatic N) is 2. The van der Waals surface area contributed by atoms with E-state index in [-0.39, 0.29) is 6.29 Å². The molecule has 1 saturated heterocycles. The lowest BCUT2D eigenvalue weighted by atomic mass is 10.3. The second-order valence-electron chi connectivity index (χ2n) is 3.61. The predicted octanol–water partition coefficient (Wildman–Crippen LogP) is 2.00. The number of hydrogen-bond donors (Lipinski definition) is 0. The molecule has 0 N–H and O–H groups in total. The van der Waals surface area contributed by atoms with Gasteiger partial charge < -0.3 is 9.47 Å². The van der Waals surface area contributed by atoms with Gasteiger partial charge in [-0.3, -0.25) is 4.68 Å². The molecule has 1 fully saturated rings. The number of rotatable bonds is 3. The molecule has 15 heavy (non-hydrogen) atoms. The van der Waals surface area contributed by atoms with E-state index in [4.69, 9.17) is 21.1 Å². The van der Waals surface area contributed by atoms with E-state index < -0.39 is 0 Å². The van der Waals surface area contributed by atoms with Gasteiger partial charge >= 0.3 is 0 Å². The van der Waals surface area contributed by atoms with Gasteiger partial charge in [0.2, 0.25) is 0 Å². The molecule has 1 aromatic rings. The van der Waals surface area contributed by atoms with Crippen LogP contribution < -0.4 is 0 Å². The SMILES string of the molecule is Cc1c(Cl)cnn1CCC1OCCCO1. The molecular weight excluding hydrogens is 216 g/mol. The van der Waals surface area contributed by atoms with E-state index in [9.17, 15) is 0 Å². The van der Waals surface area contributed by atoms with Crippen molar-refractivity contribution in [3.8, 4) is 0 Å². The molecule has 0 aliphatic carbocycles. The molecule has 0 bridgehead atoms. The average Bonchev–Trinajstić information content (AvgIpc) is 2.59. The van der Waals surface area contributed by atoms with Crippen LogP contribution in [0.3, 0.4) is 0 Å². The first-order chi connectivity index (χ1) is 7.27. The molecule has 0 aromatic carbocycles. The van der Waals surface area contributed by atoms with Crippen LogP contribution in [-0.2, 0) is 16.0 Å². The van der Waals surface area contributed by atoms with Gasteiger partial charge in [-0.1, -0.05) is 11.6 Å². The standard InChI is InChI=1S/C10H15ClN2O2/c1-8-9(11)7-12-13(8)4-3-10-14-5-2-6-15-10/h7,10H,2-6H2,1H3. The van der Waals surface area contributed by atoms with Crippen molar-refractivity contribution in [2.24, 2.45) is 0 Å². The first-order valence-corrected chi connectivity index (χ1v) is 5.56. The van der Waals surface area contributed by atoms with Crippen molar-refractivity contribution >= 4 is 11.6 Å². The smallest absolute Gasteiger partial charge is 0.159 e. The van der Waals surface area contributed by atoms with Crippen LogP contribution in [0.1, 0.15) is 18.5 Å². The van der Waals surface area contributed by atoms with Crippen LogP contribution in [0.4, 0.5) is 0 Å².